The Morgan fingerprint density at radius 2 is 2.26 bits per heavy atom. The van der Waals surface area contributed by atoms with Crippen LogP contribution in [0.2, 0.25) is 0 Å². The van der Waals surface area contributed by atoms with Crippen molar-refractivity contribution in [3.05, 3.63) is 53.9 Å². The zero-order chi connectivity index (χ0) is 19.1. The summed E-state index contributed by atoms with van der Waals surface area (Å²) in [5.41, 5.74) is 2.07. The molecule has 1 fully saturated rings. The van der Waals surface area contributed by atoms with Crippen LogP contribution in [-0.2, 0) is 6.42 Å². The Bertz CT molecular complexity index is 714. The number of amides is 1. The first-order chi connectivity index (χ1) is 13.2. The van der Waals surface area contributed by atoms with Gasteiger partial charge in [-0.05, 0) is 62.4 Å². The number of carbonyl (C=O) groups is 1. The van der Waals surface area contributed by atoms with E-state index in [9.17, 15) is 4.79 Å². The summed E-state index contributed by atoms with van der Waals surface area (Å²) in [5, 5.41) is 0. The van der Waals surface area contributed by atoms with E-state index < -0.39 is 0 Å². The van der Waals surface area contributed by atoms with Gasteiger partial charge in [0.2, 0.25) is 0 Å². The highest BCUT2D eigenvalue weighted by Gasteiger charge is 2.24. The Morgan fingerprint density at radius 1 is 1.37 bits per heavy atom. The molecular weight excluding hydrogens is 338 g/mol. The molecule has 5 nitrogen and oxygen atoms in total. The third-order valence-electron chi connectivity index (χ3n) is 5.45. The standard InChI is InChI=1S/C22H31N3O2/c1-3-25(22(26)20-9-11-23-15-20)17-19-7-5-12-24(16-19)13-10-18-6-4-8-21(14-18)27-2/h4,6,8-9,11,14-15,19,23H,3,5,7,10,12-13,16-17H2,1-2H3/t19-/m0/s1. The van der Waals surface area contributed by atoms with Crippen LogP contribution in [0.1, 0.15) is 35.7 Å². The molecule has 27 heavy (non-hydrogen) atoms. The van der Waals surface area contributed by atoms with E-state index in [0.717, 1.165) is 50.5 Å². The highest BCUT2D eigenvalue weighted by Crippen LogP contribution is 2.20. The SMILES string of the molecule is CCN(C[C@H]1CCCN(CCc2cccc(OC)c2)C1)C(=O)c1cc[nH]c1. The van der Waals surface area contributed by atoms with Crippen molar-refractivity contribution in [2.24, 2.45) is 5.92 Å². The van der Waals surface area contributed by atoms with Crippen LogP contribution in [0, 0.1) is 5.92 Å². The number of hydrogen-bond acceptors (Lipinski definition) is 3. The average molecular weight is 370 g/mol. The van der Waals surface area contributed by atoms with Gasteiger partial charge in [0.15, 0.2) is 0 Å². The number of aromatic nitrogens is 1. The van der Waals surface area contributed by atoms with E-state index in [-0.39, 0.29) is 5.91 Å². The number of benzene rings is 1. The van der Waals surface area contributed by atoms with Crippen LogP contribution in [0.15, 0.2) is 42.7 Å². The molecule has 0 spiro atoms. The maximum absolute atomic E-state index is 12.6. The molecule has 1 aromatic heterocycles. The smallest absolute Gasteiger partial charge is 0.255 e. The van der Waals surface area contributed by atoms with Crippen molar-refractivity contribution in [1.29, 1.82) is 0 Å². The molecule has 0 saturated carbocycles. The van der Waals surface area contributed by atoms with Crippen LogP contribution >= 0.6 is 0 Å². The maximum Gasteiger partial charge on any atom is 0.255 e. The van der Waals surface area contributed by atoms with Crippen molar-refractivity contribution < 1.29 is 9.53 Å². The van der Waals surface area contributed by atoms with Gasteiger partial charge in [-0.15, -0.1) is 0 Å². The number of carbonyl (C=O) groups excluding carboxylic acids is 1. The summed E-state index contributed by atoms with van der Waals surface area (Å²) in [7, 11) is 1.71. The third-order valence-corrected chi connectivity index (χ3v) is 5.45. The van der Waals surface area contributed by atoms with Crippen molar-refractivity contribution in [3.8, 4) is 5.75 Å². The fraction of sp³-hybridized carbons (Fsp3) is 0.500. The third kappa shape index (κ3) is 5.36. The summed E-state index contributed by atoms with van der Waals surface area (Å²) < 4.78 is 5.32. The van der Waals surface area contributed by atoms with E-state index in [1.807, 2.05) is 23.2 Å². The van der Waals surface area contributed by atoms with E-state index in [1.165, 1.54) is 18.4 Å². The molecule has 0 unspecified atom stereocenters. The van der Waals surface area contributed by atoms with Gasteiger partial charge in [0.25, 0.3) is 5.91 Å². The van der Waals surface area contributed by atoms with Crippen molar-refractivity contribution >= 4 is 5.91 Å². The van der Waals surface area contributed by atoms with Gasteiger partial charge in [-0.25, -0.2) is 0 Å². The number of ether oxygens (including phenoxy) is 1. The predicted octanol–water partition coefficient (Wildman–Crippen LogP) is 3.44. The van der Waals surface area contributed by atoms with Gasteiger partial charge >= 0.3 is 0 Å². The second-order valence-electron chi connectivity index (χ2n) is 7.35. The molecule has 1 aliphatic heterocycles. The molecule has 1 atom stereocenters. The highest BCUT2D eigenvalue weighted by molar-refractivity contribution is 5.94. The van der Waals surface area contributed by atoms with Crippen molar-refractivity contribution in [2.45, 2.75) is 26.2 Å². The first-order valence-corrected chi connectivity index (χ1v) is 9.97. The summed E-state index contributed by atoms with van der Waals surface area (Å²) in [6, 6.07) is 10.2. The van der Waals surface area contributed by atoms with Gasteiger partial charge in [-0.3, -0.25) is 4.79 Å². The molecule has 1 aliphatic rings. The Labute approximate surface area is 162 Å². The fourth-order valence-corrected chi connectivity index (χ4v) is 3.93. The van der Waals surface area contributed by atoms with Gasteiger partial charge in [0.05, 0.1) is 12.7 Å². The molecule has 1 aromatic carbocycles. The van der Waals surface area contributed by atoms with Crippen LogP contribution < -0.4 is 4.74 Å². The lowest BCUT2D eigenvalue weighted by Crippen LogP contribution is -2.43. The summed E-state index contributed by atoms with van der Waals surface area (Å²) >= 11 is 0. The second kappa shape index (κ2) is 9.60. The molecule has 1 N–H and O–H groups in total. The molecule has 146 valence electrons. The number of hydrogen-bond donors (Lipinski definition) is 1. The first kappa shape index (κ1) is 19.5. The number of nitrogens with zero attached hydrogens (tertiary/aromatic N) is 2. The lowest BCUT2D eigenvalue weighted by Gasteiger charge is -2.35. The van der Waals surface area contributed by atoms with Crippen molar-refractivity contribution in [2.75, 3.05) is 39.8 Å². The Morgan fingerprint density at radius 3 is 3.00 bits per heavy atom. The van der Waals surface area contributed by atoms with Crippen LogP contribution in [0.5, 0.6) is 5.75 Å². The van der Waals surface area contributed by atoms with E-state index in [0.29, 0.717) is 5.92 Å². The van der Waals surface area contributed by atoms with E-state index in [2.05, 4.69) is 35.0 Å². The number of methoxy groups -OCH3 is 1. The second-order valence-corrected chi connectivity index (χ2v) is 7.35. The minimum absolute atomic E-state index is 0.132. The lowest BCUT2D eigenvalue weighted by molar-refractivity contribution is 0.0691. The van der Waals surface area contributed by atoms with Crippen molar-refractivity contribution in [1.82, 2.24) is 14.8 Å². The lowest BCUT2D eigenvalue weighted by atomic mass is 9.96. The predicted molar refractivity (Wildman–Crippen MR) is 108 cm³/mol. The van der Waals surface area contributed by atoms with E-state index in [1.54, 1.807) is 13.3 Å². The molecule has 5 heteroatoms. The molecule has 1 amide bonds. The largest absolute Gasteiger partial charge is 0.497 e. The van der Waals surface area contributed by atoms with Gasteiger partial charge in [-0.1, -0.05) is 12.1 Å². The van der Waals surface area contributed by atoms with Crippen LogP contribution in [0.4, 0.5) is 0 Å². The maximum atomic E-state index is 12.6. The number of aromatic amines is 1. The number of rotatable bonds is 8. The first-order valence-electron chi connectivity index (χ1n) is 9.97. The molecular formula is C22H31N3O2. The van der Waals surface area contributed by atoms with Gasteiger partial charge in [0, 0.05) is 38.6 Å². The van der Waals surface area contributed by atoms with Crippen LogP contribution in [0.25, 0.3) is 0 Å². The zero-order valence-corrected chi connectivity index (χ0v) is 16.5. The summed E-state index contributed by atoms with van der Waals surface area (Å²) in [5.74, 6) is 1.60. The van der Waals surface area contributed by atoms with Gasteiger partial charge in [-0.2, -0.15) is 0 Å². The van der Waals surface area contributed by atoms with Crippen LogP contribution in [-0.4, -0.2) is 60.5 Å². The van der Waals surface area contributed by atoms with Crippen molar-refractivity contribution in [3.63, 3.8) is 0 Å². The molecule has 0 radical (unpaired) electrons. The molecule has 2 heterocycles. The zero-order valence-electron chi connectivity index (χ0n) is 16.5. The molecule has 0 bridgehead atoms. The number of piperidine rings is 1. The molecule has 0 aliphatic carbocycles. The topological polar surface area (TPSA) is 48.6 Å². The number of H-pyrrole nitrogens is 1. The fourth-order valence-electron chi connectivity index (χ4n) is 3.93. The highest BCUT2D eigenvalue weighted by atomic mass is 16.5. The minimum atomic E-state index is 0.132. The molecule has 1 saturated heterocycles. The molecule has 2 aromatic rings. The number of likely N-dealkylation sites (tertiary alicyclic amines) is 1. The Balaban J connectivity index is 1.51. The van der Waals surface area contributed by atoms with Gasteiger partial charge < -0.3 is 19.5 Å². The number of nitrogens with one attached hydrogen (secondary N) is 1. The Hall–Kier alpha value is -2.27. The minimum Gasteiger partial charge on any atom is -0.497 e. The van der Waals surface area contributed by atoms with Gasteiger partial charge in [0.1, 0.15) is 5.75 Å². The monoisotopic (exact) mass is 369 g/mol. The van der Waals surface area contributed by atoms with Crippen LogP contribution in [0.3, 0.4) is 0 Å². The van der Waals surface area contributed by atoms with E-state index >= 15 is 0 Å². The summed E-state index contributed by atoms with van der Waals surface area (Å²) in [6.45, 7) is 6.94. The molecule has 3 rings (SSSR count). The van der Waals surface area contributed by atoms with E-state index in [4.69, 9.17) is 4.74 Å². The average Bonchev–Trinajstić information content (AvgIpc) is 3.25. The summed E-state index contributed by atoms with van der Waals surface area (Å²) in [6.07, 6.45) is 7.03. The Kier molecular flexibility index (Phi) is 6.93. The normalized spacial score (nSPS) is 17.6. The quantitative estimate of drug-likeness (QED) is 0.775. The summed E-state index contributed by atoms with van der Waals surface area (Å²) in [4.78, 5) is 20.1.